The third kappa shape index (κ3) is 2.70. The first-order valence-electron chi connectivity index (χ1n) is 6.00. The Hall–Kier alpha value is -0.0831. The van der Waals surface area contributed by atoms with Crippen LogP contribution >= 0.6 is 0 Å². The number of rotatable bonds is 7. The Labute approximate surface area is 91.3 Å². The molecule has 0 aliphatic heterocycles. The molecule has 0 fully saturated rings. The quantitative estimate of drug-likeness (QED) is 0.581. The van der Waals surface area contributed by atoms with Crippen LogP contribution in [0.3, 0.4) is 0 Å². The van der Waals surface area contributed by atoms with E-state index in [-0.39, 0.29) is 0 Å². The Morgan fingerprint density at radius 1 is 1.14 bits per heavy atom. The van der Waals surface area contributed by atoms with Gasteiger partial charge in [-0.15, -0.1) is 6.58 Å². The van der Waals surface area contributed by atoms with Gasteiger partial charge in [-0.1, -0.05) is 39.3 Å². The van der Waals surface area contributed by atoms with Gasteiger partial charge in [0.1, 0.15) is 0 Å². The lowest BCUT2D eigenvalue weighted by Gasteiger charge is -2.41. The van der Waals surface area contributed by atoms with Gasteiger partial charge >= 0.3 is 0 Å². The maximum Gasteiger partial charge on any atom is 0.155 e. The van der Waals surface area contributed by atoms with Gasteiger partial charge in [-0.2, -0.15) is 0 Å². The van der Waals surface area contributed by atoms with Crippen molar-refractivity contribution in [1.82, 2.24) is 4.57 Å². The maximum atomic E-state index is 4.25. The predicted molar refractivity (Wildman–Crippen MR) is 69.1 cm³/mol. The molecule has 1 atom stereocenters. The zero-order valence-electron chi connectivity index (χ0n) is 10.7. The summed E-state index contributed by atoms with van der Waals surface area (Å²) in [5.41, 5.74) is 0. The minimum Gasteiger partial charge on any atom is -0.321 e. The van der Waals surface area contributed by atoms with Crippen LogP contribution in [0.4, 0.5) is 0 Å². The molecule has 0 saturated carbocycles. The highest BCUT2D eigenvalue weighted by molar-refractivity contribution is 6.83. The number of nitrogens with zero attached hydrogens (tertiary/aromatic N) is 1. The zero-order chi connectivity index (χ0) is 11.2. The average molecular weight is 213 g/mol. The molecule has 0 aliphatic rings. The number of allylic oxidation sites excluding steroid dienone is 1. The van der Waals surface area contributed by atoms with Crippen LogP contribution in [0.25, 0.3) is 0 Å². The fraction of sp³-hybridized carbons (Fsp3) is 0.833. The molecule has 0 bridgehead atoms. The maximum absolute atomic E-state index is 4.25. The molecule has 0 radical (unpaired) electrons. The third-order valence-corrected chi connectivity index (χ3v) is 9.34. The molecule has 14 heavy (non-hydrogen) atoms. The monoisotopic (exact) mass is 213 g/mol. The van der Waals surface area contributed by atoms with Gasteiger partial charge in [-0.25, -0.2) is 0 Å². The van der Waals surface area contributed by atoms with Gasteiger partial charge in [-0.05, 0) is 32.1 Å². The van der Waals surface area contributed by atoms with Crippen molar-refractivity contribution in [3.8, 4) is 0 Å². The van der Waals surface area contributed by atoms with Gasteiger partial charge in [0.15, 0.2) is 8.24 Å². The third-order valence-electron chi connectivity index (χ3n) is 3.41. The molecule has 0 spiro atoms. The molecular weight excluding hydrogens is 186 g/mol. The lowest BCUT2D eigenvalue weighted by Crippen LogP contribution is -2.54. The molecule has 0 amide bonds. The van der Waals surface area contributed by atoms with E-state index in [1.807, 2.05) is 0 Å². The molecule has 0 aliphatic carbocycles. The molecule has 0 rings (SSSR count). The minimum absolute atomic E-state index is 1.18. The molecule has 0 N–H and O–H groups in total. The van der Waals surface area contributed by atoms with Crippen LogP contribution in [-0.2, 0) is 0 Å². The lowest BCUT2D eigenvalue weighted by molar-refractivity contribution is 0.460. The Bertz CT molecular complexity index is 175. The van der Waals surface area contributed by atoms with Crippen LogP contribution < -0.4 is 0 Å². The predicted octanol–water partition coefficient (Wildman–Crippen LogP) is 3.82. The van der Waals surface area contributed by atoms with Gasteiger partial charge in [-0.3, -0.25) is 0 Å². The van der Waals surface area contributed by atoms with Crippen LogP contribution in [0.2, 0.25) is 12.1 Å². The van der Waals surface area contributed by atoms with Crippen molar-refractivity contribution in [2.45, 2.75) is 53.1 Å². The Morgan fingerprint density at radius 3 is 1.86 bits per heavy atom. The fourth-order valence-electron chi connectivity index (χ4n) is 2.59. The van der Waals surface area contributed by atoms with Gasteiger partial charge in [0.25, 0.3) is 0 Å². The normalized spacial score (nSPS) is 15.6. The molecule has 0 saturated heterocycles. The van der Waals surface area contributed by atoms with Crippen LogP contribution in [0.5, 0.6) is 0 Å². The summed E-state index contributed by atoms with van der Waals surface area (Å²) in [5, 5.41) is 1.46. The van der Waals surface area contributed by atoms with E-state index in [1.165, 1.54) is 36.8 Å². The summed E-state index contributed by atoms with van der Waals surface area (Å²) in [7, 11) is -1.34. The van der Waals surface area contributed by atoms with E-state index < -0.39 is 8.24 Å². The second-order valence-electron chi connectivity index (χ2n) is 4.09. The molecule has 2 heteroatoms. The van der Waals surface area contributed by atoms with Crippen LogP contribution in [-0.4, -0.2) is 25.9 Å². The second kappa shape index (κ2) is 6.41. The molecule has 0 heterocycles. The molecule has 1 unspecified atom stereocenters. The van der Waals surface area contributed by atoms with Crippen molar-refractivity contribution in [3.63, 3.8) is 0 Å². The summed E-state index contributed by atoms with van der Waals surface area (Å²) >= 11 is 0. The fourth-order valence-corrected chi connectivity index (χ4v) is 7.31. The number of hydrogen-bond donors (Lipinski definition) is 0. The van der Waals surface area contributed by atoms with Crippen molar-refractivity contribution < 1.29 is 0 Å². The van der Waals surface area contributed by atoms with E-state index in [2.05, 4.69) is 45.8 Å². The van der Waals surface area contributed by atoms with Crippen molar-refractivity contribution >= 4 is 8.24 Å². The van der Waals surface area contributed by atoms with Gasteiger partial charge < -0.3 is 4.57 Å². The highest BCUT2D eigenvalue weighted by Gasteiger charge is 2.36. The SMILES string of the molecule is C=C(C)[Si](CC)(CCC)N(CC)CC. The summed E-state index contributed by atoms with van der Waals surface area (Å²) in [6.45, 7) is 18.1. The summed E-state index contributed by atoms with van der Waals surface area (Å²) < 4.78 is 2.69. The molecular formula is C12H27NSi. The van der Waals surface area contributed by atoms with Crippen LogP contribution in [0, 0.1) is 0 Å². The highest BCUT2D eigenvalue weighted by atomic mass is 28.3. The topological polar surface area (TPSA) is 3.24 Å². The van der Waals surface area contributed by atoms with Gasteiger partial charge in [0.2, 0.25) is 0 Å². The molecule has 1 nitrogen and oxygen atoms in total. The largest absolute Gasteiger partial charge is 0.321 e. The zero-order valence-corrected chi connectivity index (χ0v) is 11.7. The van der Waals surface area contributed by atoms with Gasteiger partial charge in [0, 0.05) is 0 Å². The standard InChI is InChI=1S/C12H27NSi/c1-7-11-14(10-4,12(5)6)13(8-2)9-3/h5,7-11H2,1-4,6H3. The van der Waals surface area contributed by atoms with E-state index in [0.29, 0.717) is 0 Å². The van der Waals surface area contributed by atoms with Crippen molar-refractivity contribution in [3.05, 3.63) is 11.8 Å². The smallest absolute Gasteiger partial charge is 0.155 e. The molecule has 0 aromatic rings. The van der Waals surface area contributed by atoms with E-state index in [0.717, 1.165) is 0 Å². The second-order valence-corrected chi connectivity index (χ2v) is 8.84. The molecule has 0 aromatic carbocycles. The van der Waals surface area contributed by atoms with Crippen LogP contribution in [0.15, 0.2) is 11.8 Å². The van der Waals surface area contributed by atoms with E-state index in [4.69, 9.17) is 0 Å². The van der Waals surface area contributed by atoms with Crippen molar-refractivity contribution in [2.24, 2.45) is 0 Å². The summed E-state index contributed by atoms with van der Waals surface area (Å²) in [4.78, 5) is 0. The van der Waals surface area contributed by atoms with Crippen LogP contribution in [0.1, 0.15) is 41.0 Å². The highest BCUT2D eigenvalue weighted by Crippen LogP contribution is 2.28. The Balaban J connectivity index is 4.89. The first-order valence-corrected chi connectivity index (χ1v) is 8.36. The van der Waals surface area contributed by atoms with E-state index >= 15 is 0 Å². The summed E-state index contributed by atoms with van der Waals surface area (Å²) in [6.07, 6.45) is 1.30. The molecule has 84 valence electrons. The van der Waals surface area contributed by atoms with Gasteiger partial charge in [0.05, 0.1) is 0 Å². The average Bonchev–Trinajstić information content (AvgIpc) is 2.17. The first-order chi connectivity index (χ1) is 6.58. The Kier molecular flexibility index (Phi) is 6.37. The lowest BCUT2D eigenvalue weighted by atomic mass is 10.6. The first kappa shape index (κ1) is 13.9. The van der Waals surface area contributed by atoms with E-state index in [1.54, 1.807) is 0 Å². The minimum atomic E-state index is -1.34. The van der Waals surface area contributed by atoms with Crippen molar-refractivity contribution in [1.29, 1.82) is 0 Å². The van der Waals surface area contributed by atoms with E-state index in [9.17, 15) is 0 Å². The Morgan fingerprint density at radius 2 is 1.64 bits per heavy atom. The molecule has 0 aromatic heterocycles. The summed E-state index contributed by atoms with van der Waals surface area (Å²) in [6, 6.07) is 2.69. The summed E-state index contributed by atoms with van der Waals surface area (Å²) in [5.74, 6) is 0. The number of hydrogen-bond acceptors (Lipinski definition) is 1. The van der Waals surface area contributed by atoms with Crippen molar-refractivity contribution in [2.75, 3.05) is 13.1 Å².